The smallest absolute Gasteiger partial charge is 0.338 e. The average molecular weight is 375 g/mol. The molecule has 144 valence electrons. The number of nitrogens with zero attached hydrogens (tertiary/aromatic N) is 1. The largest absolute Gasteiger partial charge is 0.462 e. The number of esters is 1. The van der Waals surface area contributed by atoms with Crippen LogP contribution in [0.15, 0.2) is 24.3 Å². The fourth-order valence-electron chi connectivity index (χ4n) is 3.13. The zero-order chi connectivity index (χ0) is 19.4. The van der Waals surface area contributed by atoms with Crippen molar-refractivity contribution in [2.45, 2.75) is 25.3 Å². The molecule has 4 amide bonds. The lowest BCUT2D eigenvalue weighted by Gasteiger charge is -2.30. The average Bonchev–Trinajstić information content (AvgIpc) is 2.87. The van der Waals surface area contributed by atoms with Crippen molar-refractivity contribution in [3.63, 3.8) is 0 Å². The van der Waals surface area contributed by atoms with Gasteiger partial charge in [0.15, 0.2) is 0 Å². The Bertz CT molecular complexity index is 755. The first-order valence-electron chi connectivity index (χ1n) is 8.74. The Kier molecular flexibility index (Phi) is 5.41. The van der Waals surface area contributed by atoms with E-state index in [1.807, 2.05) is 0 Å². The number of imide groups is 1. The molecule has 2 N–H and O–H groups in total. The Morgan fingerprint density at radius 2 is 1.89 bits per heavy atom. The lowest BCUT2D eigenvalue weighted by Crippen LogP contribution is -2.51. The van der Waals surface area contributed by atoms with Crippen molar-refractivity contribution in [2.75, 3.05) is 31.7 Å². The summed E-state index contributed by atoms with van der Waals surface area (Å²) >= 11 is 0. The second-order valence-corrected chi connectivity index (χ2v) is 6.36. The molecular formula is C18H21N3O6. The van der Waals surface area contributed by atoms with Gasteiger partial charge in [-0.05, 0) is 31.2 Å². The molecule has 0 radical (unpaired) electrons. The lowest BCUT2D eigenvalue weighted by atomic mass is 9.90. The van der Waals surface area contributed by atoms with Gasteiger partial charge >= 0.3 is 12.0 Å². The molecule has 2 saturated heterocycles. The highest BCUT2D eigenvalue weighted by Crippen LogP contribution is 2.28. The number of nitrogens with one attached hydrogen (secondary N) is 2. The molecule has 0 aromatic heterocycles. The topological polar surface area (TPSA) is 114 Å². The molecule has 0 saturated carbocycles. The molecule has 2 aliphatic heterocycles. The minimum Gasteiger partial charge on any atom is -0.462 e. The van der Waals surface area contributed by atoms with E-state index in [4.69, 9.17) is 9.47 Å². The van der Waals surface area contributed by atoms with E-state index >= 15 is 0 Å². The third-order valence-corrected chi connectivity index (χ3v) is 4.57. The first-order valence-corrected chi connectivity index (χ1v) is 8.74. The SMILES string of the molecule is CCOC(=O)c1ccc(NC(=O)CN2C(=O)NC3(CCOCC3)C2=O)cc1. The molecule has 9 heteroatoms. The summed E-state index contributed by atoms with van der Waals surface area (Å²) < 4.78 is 10.1. The number of benzene rings is 1. The van der Waals surface area contributed by atoms with Crippen LogP contribution in [0.1, 0.15) is 30.1 Å². The highest BCUT2D eigenvalue weighted by atomic mass is 16.5. The number of ether oxygens (including phenoxy) is 2. The zero-order valence-corrected chi connectivity index (χ0v) is 14.9. The van der Waals surface area contributed by atoms with Crippen molar-refractivity contribution in [1.29, 1.82) is 0 Å². The van der Waals surface area contributed by atoms with Gasteiger partial charge in [0.25, 0.3) is 5.91 Å². The van der Waals surface area contributed by atoms with Crippen LogP contribution in [-0.4, -0.2) is 60.6 Å². The molecule has 9 nitrogen and oxygen atoms in total. The van der Waals surface area contributed by atoms with Crippen LogP contribution in [0.25, 0.3) is 0 Å². The number of hydrogen-bond donors (Lipinski definition) is 2. The summed E-state index contributed by atoms with van der Waals surface area (Å²) in [4.78, 5) is 49.6. The summed E-state index contributed by atoms with van der Waals surface area (Å²) in [6.07, 6.45) is 0.788. The Morgan fingerprint density at radius 3 is 2.52 bits per heavy atom. The maximum Gasteiger partial charge on any atom is 0.338 e. The molecule has 3 rings (SSSR count). The normalized spacial score (nSPS) is 18.3. The molecule has 1 aromatic carbocycles. The molecule has 0 bridgehead atoms. The molecule has 2 fully saturated rings. The standard InChI is InChI=1S/C18H21N3O6/c1-2-27-15(23)12-3-5-13(6-4-12)19-14(22)11-21-16(24)18(20-17(21)25)7-9-26-10-8-18/h3-6H,2,7-11H2,1H3,(H,19,22)(H,20,25). The van der Waals surface area contributed by atoms with Crippen LogP contribution in [0, 0.1) is 0 Å². The van der Waals surface area contributed by atoms with Crippen LogP contribution in [0.3, 0.4) is 0 Å². The summed E-state index contributed by atoms with van der Waals surface area (Å²) in [5, 5.41) is 5.31. The molecule has 2 heterocycles. The first kappa shape index (κ1) is 18.8. The van der Waals surface area contributed by atoms with Gasteiger partial charge in [-0.3, -0.25) is 14.5 Å². The van der Waals surface area contributed by atoms with Crippen LogP contribution in [0.2, 0.25) is 0 Å². The quantitative estimate of drug-likeness (QED) is 0.584. The van der Waals surface area contributed by atoms with E-state index in [1.165, 1.54) is 12.1 Å². The first-order chi connectivity index (χ1) is 12.9. The van der Waals surface area contributed by atoms with Gasteiger partial charge in [0.2, 0.25) is 5.91 Å². The van der Waals surface area contributed by atoms with Crippen LogP contribution >= 0.6 is 0 Å². The predicted octanol–water partition coefficient (Wildman–Crippen LogP) is 0.903. The van der Waals surface area contributed by atoms with Crippen molar-refractivity contribution in [2.24, 2.45) is 0 Å². The minimum absolute atomic E-state index is 0.275. The molecule has 0 atom stereocenters. The van der Waals surface area contributed by atoms with E-state index < -0.39 is 29.4 Å². The Hall–Kier alpha value is -2.94. The Balaban J connectivity index is 1.60. The van der Waals surface area contributed by atoms with E-state index in [0.29, 0.717) is 37.3 Å². The summed E-state index contributed by atoms with van der Waals surface area (Å²) in [5.74, 6) is -1.36. The van der Waals surface area contributed by atoms with Gasteiger partial charge in [0.05, 0.1) is 12.2 Å². The molecule has 27 heavy (non-hydrogen) atoms. The highest BCUT2D eigenvalue weighted by Gasteiger charge is 2.52. The van der Waals surface area contributed by atoms with Crippen molar-refractivity contribution in [3.8, 4) is 0 Å². The van der Waals surface area contributed by atoms with Crippen molar-refractivity contribution in [3.05, 3.63) is 29.8 Å². The van der Waals surface area contributed by atoms with E-state index in [-0.39, 0.29) is 13.2 Å². The van der Waals surface area contributed by atoms with Gasteiger partial charge in [-0.2, -0.15) is 0 Å². The monoisotopic (exact) mass is 375 g/mol. The fourth-order valence-corrected chi connectivity index (χ4v) is 3.13. The maximum atomic E-state index is 12.6. The summed E-state index contributed by atoms with van der Waals surface area (Å²) in [7, 11) is 0. The third-order valence-electron chi connectivity index (χ3n) is 4.57. The van der Waals surface area contributed by atoms with E-state index in [2.05, 4.69) is 10.6 Å². The van der Waals surface area contributed by atoms with Crippen molar-refractivity contribution in [1.82, 2.24) is 10.2 Å². The minimum atomic E-state index is -0.961. The molecule has 0 aliphatic carbocycles. The van der Waals surface area contributed by atoms with Crippen LogP contribution in [0.4, 0.5) is 10.5 Å². The molecule has 2 aliphatic rings. The summed E-state index contributed by atoms with van der Waals surface area (Å²) in [6.45, 7) is 2.38. The molecule has 1 aromatic rings. The number of anilines is 1. The van der Waals surface area contributed by atoms with Gasteiger partial charge in [-0.15, -0.1) is 0 Å². The summed E-state index contributed by atoms with van der Waals surface area (Å²) in [6, 6.07) is 5.58. The highest BCUT2D eigenvalue weighted by molar-refractivity contribution is 6.10. The second-order valence-electron chi connectivity index (χ2n) is 6.36. The van der Waals surface area contributed by atoms with Crippen LogP contribution in [-0.2, 0) is 19.1 Å². The van der Waals surface area contributed by atoms with Crippen molar-refractivity contribution >= 4 is 29.5 Å². The molecule has 0 unspecified atom stereocenters. The number of amides is 4. The lowest BCUT2D eigenvalue weighted by molar-refractivity contribution is -0.136. The number of carbonyl (C=O) groups excluding carboxylic acids is 4. The second kappa shape index (κ2) is 7.75. The molecule has 1 spiro atoms. The molecular weight excluding hydrogens is 354 g/mol. The Labute approximate surface area is 156 Å². The predicted molar refractivity (Wildman–Crippen MR) is 94.1 cm³/mol. The summed E-state index contributed by atoms with van der Waals surface area (Å²) in [5.41, 5.74) is -0.150. The van der Waals surface area contributed by atoms with Gasteiger partial charge in [-0.25, -0.2) is 9.59 Å². The zero-order valence-electron chi connectivity index (χ0n) is 14.9. The van der Waals surface area contributed by atoms with E-state index in [0.717, 1.165) is 4.90 Å². The van der Waals surface area contributed by atoms with E-state index in [1.54, 1.807) is 19.1 Å². The Morgan fingerprint density at radius 1 is 1.22 bits per heavy atom. The van der Waals surface area contributed by atoms with Crippen LogP contribution in [0.5, 0.6) is 0 Å². The maximum absolute atomic E-state index is 12.6. The van der Waals surface area contributed by atoms with E-state index in [9.17, 15) is 19.2 Å². The van der Waals surface area contributed by atoms with Crippen LogP contribution < -0.4 is 10.6 Å². The van der Waals surface area contributed by atoms with Crippen molar-refractivity contribution < 1.29 is 28.7 Å². The van der Waals surface area contributed by atoms with Gasteiger partial charge < -0.3 is 20.1 Å². The number of urea groups is 1. The number of carbonyl (C=O) groups is 4. The van der Waals surface area contributed by atoms with Gasteiger partial charge in [0, 0.05) is 31.7 Å². The third kappa shape index (κ3) is 3.92. The van der Waals surface area contributed by atoms with Gasteiger partial charge in [-0.1, -0.05) is 0 Å². The number of hydrogen-bond acceptors (Lipinski definition) is 6. The number of rotatable bonds is 5. The van der Waals surface area contributed by atoms with Gasteiger partial charge in [0.1, 0.15) is 12.1 Å². The fraction of sp³-hybridized carbons (Fsp3) is 0.444.